The first-order valence-electron chi connectivity index (χ1n) is 3.71. The third kappa shape index (κ3) is 2.83. The molecule has 1 saturated heterocycles. The predicted octanol–water partition coefficient (Wildman–Crippen LogP) is 2.88. The van der Waals surface area contributed by atoms with Crippen LogP contribution < -0.4 is 0 Å². The van der Waals surface area contributed by atoms with Gasteiger partial charge in [0.25, 0.3) is 0 Å². The van der Waals surface area contributed by atoms with E-state index < -0.39 is 0 Å². The molecule has 0 radical (unpaired) electrons. The van der Waals surface area contributed by atoms with E-state index in [9.17, 15) is 0 Å². The van der Waals surface area contributed by atoms with Gasteiger partial charge in [-0.1, -0.05) is 13.8 Å². The molecule has 1 aliphatic rings. The summed E-state index contributed by atoms with van der Waals surface area (Å²) in [5, 5.41) is 1.76. The Morgan fingerprint density at radius 2 is 2.20 bits per heavy atom. The van der Waals surface area contributed by atoms with Gasteiger partial charge in [-0.2, -0.15) is 25.1 Å². The van der Waals surface area contributed by atoms with E-state index in [1.165, 1.54) is 12.8 Å². The molecule has 0 saturated carbocycles. The van der Waals surface area contributed by atoms with E-state index >= 15 is 0 Å². The standard InChI is InChI=1S/C8H15S.Y/c1-4-8-5-6(2)7(3)9-8;/h7-8H,4-5H2,1-3H3;/q-1;+3. The van der Waals surface area contributed by atoms with Gasteiger partial charge in [-0.05, 0) is 11.7 Å². The summed E-state index contributed by atoms with van der Waals surface area (Å²) in [6.45, 7) is 6.88. The van der Waals surface area contributed by atoms with Crippen molar-refractivity contribution in [2.45, 2.75) is 44.1 Å². The number of thioether (sulfide) groups is 1. The number of hydrogen-bond acceptors (Lipinski definition) is 1. The normalized spacial score (nSPS) is 33.9. The Morgan fingerprint density at radius 1 is 1.60 bits per heavy atom. The summed E-state index contributed by atoms with van der Waals surface area (Å²) < 4.78 is 0. The van der Waals surface area contributed by atoms with Crippen LogP contribution in [-0.2, 0) is 32.7 Å². The van der Waals surface area contributed by atoms with E-state index in [0.29, 0.717) is 0 Å². The molecule has 2 unspecified atom stereocenters. The summed E-state index contributed by atoms with van der Waals surface area (Å²) in [7, 11) is 0. The van der Waals surface area contributed by atoms with E-state index in [-0.39, 0.29) is 32.7 Å². The summed E-state index contributed by atoms with van der Waals surface area (Å²) in [4.78, 5) is 0. The first-order chi connectivity index (χ1) is 4.24. The van der Waals surface area contributed by atoms with Crippen molar-refractivity contribution in [1.82, 2.24) is 0 Å². The molecule has 2 atom stereocenters. The Bertz CT molecular complexity index is 85.3. The van der Waals surface area contributed by atoms with Crippen LogP contribution in [0.1, 0.15) is 33.6 Å². The number of rotatable bonds is 1. The molecule has 0 nitrogen and oxygen atoms in total. The second kappa shape index (κ2) is 5.16. The fraction of sp³-hybridized carbons (Fsp3) is 0.875. The Labute approximate surface area is 93.8 Å². The number of hydrogen-bond donors (Lipinski definition) is 0. The zero-order chi connectivity index (χ0) is 6.85. The molecule has 54 valence electrons. The van der Waals surface area contributed by atoms with Crippen LogP contribution in [0.25, 0.3) is 0 Å². The van der Waals surface area contributed by atoms with Crippen molar-refractivity contribution in [3.8, 4) is 0 Å². The predicted molar refractivity (Wildman–Crippen MR) is 44.7 cm³/mol. The molecule has 0 spiro atoms. The van der Waals surface area contributed by atoms with Crippen molar-refractivity contribution < 1.29 is 32.7 Å². The van der Waals surface area contributed by atoms with Gasteiger partial charge in [-0.15, -0.1) is 5.25 Å². The van der Waals surface area contributed by atoms with Crippen LogP contribution in [0.2, 0.25) is 0 Å². The smallest absolute Gasteiger partial charge is 0.303 e. The molecule has 1 fully saturated rings. The van der Waals surface area contributed by atoms with Gasteiger partial charge in [0.05, 0.1) is 0 Å². The molecule has 0 aromatic carbocycles. The molecule has 1 heterocycles. The molecular formula is C8H15SY+2. The SMILES string of the molecule is CCC1C[C-](C)C(C)S1.[Y+3]. The van der Waals surface area contributed by atoms with Crippen LogP contribution in [0, 0.1) is 5.92 Å². The third-order valence-corrected chi connectivity index (χ3v) is 3.79. The van der Waals surface area contributed by atoms with Crippen molar-refractivity contribution >= 4 is 11.8 Å². The van der Waals surface area contributed by atoms with E-state index in [0.717, 1.165) is 10.5 Å². The van der Waals surface area contributed by atoms with E-state index in [2.05, 4.69) is 32.5 Å². The van der Waals surface area contributed by atoms with Crippen LogP contribution in [-0.4, -0.2) is 10.5 Å². The molecule has 2 heteroatoms. The maximum absolute atomic E-state index is 2.32. The molecule has 0 aliphatic carbocycles. The minimum Gasteiger partial charge on any atom is -0.303 e. The molecular weight excluding hydrogens is 217 g/mol. The van der Waals surface area contributed by atoms with E-state index in [4.69, 9.17) is 0 Å². The Morgan fingerprint density at radius 3 is 2.40 bits per heavy atom. The average Bonchev–Trinajstić information content (AvgIpc) is 2.13. The first-order valence-corrected chi connectivity index (χ1v) is 4.66. The molecule has 1 aliphatic heterocycles. The van der Waals surface area contributed by atoms with Crippen molar-refractivity contribution in [3.05, 3.63) is 5.92 Å². The van der Waals surface area contributed by atoms with Gasteiger partial charge in [-0.25, -0.2) is 0 Å². The van der Waals surface area contributed by atoms with Gasteiger partial charge in [0.1, 0.15) is 0 Å². The molecule has 1 rings (SSSR count). The average molecular weight is 232 g/mol. The van der Waals surface area contributed by atoms with E-state index in [1.807, 2.05) is 0 Å². The molecule has 10 heavy (non-hydrogen) atoms. The van der Waals surface area contributed by atoms with Gasteiger partial charge in [-0.3, -0.25) is 0 Å². The fourth-order valence-electron chi connectivity index (χ4n) is 1.22. The minimum absolute atomic E-state index is 0. The van der Waals surface area contributed by atoms with Gasteiger partial charge < -0.3 is 5.92 Å². The molecule has 0 bridgehead atoms. The van der Waals surface area contributed by atoms with Crippen LogP contribution in [0.3, 0.4) is 0 Å². The minimum atomic E-state index is 0. The Kier molecular flexibility index (Phi) is 5.91. The second-order valence-electron chi connectivity index (χ2n) is 2.86. The molecule has 0 N–H and O–H groups in total. The fourth-order valence-corrected chi connectivity index (χ4v) is 2.68. The zero-order valence-corrected chi connectivity index (χ0v) is 10.7. The summed E-state index contributed by atoms with van der Waals surface area (Å²) in [6.07, 6.45) is 2.70. The van der Waals surface area contributed by atoms with Crippen molar-refractivity contribution in [3.63, 3.8) is 0 Å². The Balaban J connectivity index is 0.000000810. The van der Waals surface area contributed by atoms with Crippen LogP contribution in [0.4, 0.5) is 0 Å². The topological polar surface area (TPSA) is 0 Å². The van der Waals surface area contributed by atoms with E-state index in [1.54, 1.807) is 5.92 Å². The van der Waals surface area contributed by atoms with Crippen LogP contribution in [0.15, 0.2) is 0 Å². The van der Waals surface area contributed by atoms with Crippen molar-refractivity contribution in [1.29, 1.82) is 0 Å². The van der Waals surface area contributed by atoms with Gasteiger partial charge in [0, 0.05) is 0 Å². The summed E-state index contributed by atoms with van der Waals surface area (Å²) >= 11 is 2.14. The maximum Gasteiger partial charge on any atom is 3.00 e. The largest absolute Gasteiger partial charge is 3.00 e. The van der Waals surface area contributed by atoms with Crippen molar-refractivity contribution in [2.75, 3.05) is 0 Å². The summed E-state index contributed by atoms with van der Waals surface area (Å²) in [5.74, 6) is 1.69. The first kappa shape index (κ1) is 11.5. The van der Waals surface area contributed by atoms with Gasteiger partial charge >= 0.3 is 32.7 Å². The molecule has 0 aromatic heterocycles. The molecule has 0 aromatic rings. The van der Waals surface area contributed by atoms with Gasteiger partial charge in [0.15, 0.2) is 0 Å². The van der Waals surface area contributed by atoms with Crippen LogP contribution >= 0.6 is 11.8 Å². The summed E-state index contributed by atoms with van der Waals surface area (Å²) in [5.41, 5.74) is 0. The Hall–Kier alpha value is 1.45. The maximum atomic E-state index is 2.32. The van der Waals surface area contributed by atoms with Gasteiger partial charge in [0.2, 0.25) is 0 Å². The molecule has 0 amide bonds. The second-order valence-corrected chi connectivity index (χ2v) is 4.50. The van der Waals surface area contributed by atoms with Crippen molar-refractivity contribution in [2.24, 2.45) is 0 Å². The quantitative estimate of drug-likeness (QED) is 0.626. The third-order valence-electron chi connectivity index (χ3n) is 2.10. The summed E-state index contributed by atoms with van der Waals surface area (Å²) in [6, 6.07) is 0. The van der Waals surface area contributed by atoms with Crippen LogP contribution in [0.5, 0.6) is 0 Å². The monoisotopic (exact) mass is 232 g/mol. The zero-order valence-electron chi connectivity index (χ0n) is 7.05.